The smallest absolute Gasteiger partial charge is 0.345 e. The van der Waals surface area contributed by atoms with E-state index in [1.165, 1.54) is 18.2 Å². The molecule has 0 saturated carbocycles. The molecule has 1 aromatic carbocycles. The number of halogens is 3. The monoisotopic (exact) mass is 490 g/mol. The fraction of sp³-hybridized carbons (Fsp3) is 0.176. The number of pyridine rings is 1. The third-order valence-corrected chi connectivity index (χ3v) is 7.49. The van der Waals surface area contributed by atoms with Gasteiger partial charge in [-0.2, -0.15) is 8.78 Å². The molecule has 0 saturated heterocycles. The zero-order valence-corrected chi connectivity index (χ0v) is 17.6. The average molecular weight is 491 g/mol. The molecule has 0 aliphatic carbocycles. The molecular weight excluding hydrogens is 477 g/mol. The molecule has 0 unspecified atom stereocenters. The number of thiophene rings is 1. The van der Waals surface area contributed by atoms with Gasteiger partial charge in [-0.3, -0.25) is 14.3 Å². The summed E-state index contributed by atoms with van der Waals surface area (Å²) in [6.07, 6.45) is 3.24. The second kappa shape index (κ2) is 7.61. The molecule has 0 bridgehead atoms. The van der Waals surface area contributed by atoms with Crippen LogP contribution in [-0.4, -0.2) is 20.7 Å². The lowest BCUT2D eigenvalue weighted by atomic mass is 10.1. The van der Waals surface area contributed by atoms with Crippen molar-refractivity contribution in [1.82, 2.24) is 10.3 Å². The summed E-state index contributed by atoms with van der Waals surface area (Å²) in [5, 5.41) is 3.07. The molecule has 148 valence electrons. The van der Waals surface area contributed by atoms with E-state index in [0.717, 1.165) is 5.56 Å². The van der Waals surface area contributed by atoms with Gasteiger partial charge in [0.25, 0.3) is 5.91 Å². The largest absolute Gasteiger partial charge is 0.400 e. The van der Waals surface area contributed by atoms with E-state index in [1.54, 1.807) is 25.4 Å². The number of hydrogen-bond donors (Lipinski definition) is 3. The van der Waals surface area contributed by atoms with Crippen molar-refractivity contribution in [3.8, 4) is 0 Å². The minimum atomic E-state index is -5.69. The van der Waals surface area contributed by atoms with Crippen LogP contribution in [-0.2, 0) is 10.2 Å². The first-order valence-corrected chi connectivity index (χ1v) is 11.1. The van der Waals surface area contributed by atoms with Crippen LogP contribution < -0.4 is 5.32 Å². The van der Waals surface area contributed by atoms with Crippen molar-refractivity contribution in [2.45, 2.75) is 18.6 Å². The number of nitrogens with one attached hydrogen (secondary N) is 1. The van der Waals surface area contributed by atoms with Gasteiger partial charge in [-0.15, -0.1) is 11.3 Å². The second-order valence-corrected chi connectivity index (χ2v) is 9.52. The molecule has 0 fully saturated rings. The summed E-state index contributed by atoms with van der Waals surface area (Å²) >= 11 is 3.56. The maximum Gasteiger partial charge on any atom is 0.400 e. The van der Waals surface area contributed by atoms with Gasteiger partial charge in [0, 0.05) is 32.5 Å². The molecular formula is C17H14BrF2N2O4PS. The first kappa shape index (κ1) is 21.0. The minimum Gasteiger partial charge on any atom is -0.345 e. The highest BCUT2D eigenvalue weighted by Gasteiger charge is 2.53. The maximum atomic E-state index is 14.1. The van der Waals surface area contributed by atoms with E-state index in [-0.39, 0.29) is 21.5 Å². The number of benzene rings is 1. The number of nitrogens with zero attached hydrogens (tertiary/aromatic N) is 1. The fourth-order valence-electron chi connectivity index (χ4n) is 2.53. The predicted octanol–water partition coefficient (Wildman–Crippen LogP) is 4.78. The molecule has 3 N–H and O–H groups in total. The predicted molar refractivity (Wildman–Crippen MR) is 106 cm³/mol. The van der Waals surface area contributed by atoms with E-state index in [1.807, 2.05) is 6.07 Å². The molecule has 3 rings (SSSR count). The number of alkyl halides is 2. The molecule has 0 radical (unpaired) electrons. The fourth-order valence-corrected chi connectivity index (χ4v) is 5.45. The van der Waals surface area contributed by atoms with Gasteiger partial charge >= 0.3 is 13.3 Å². The van der Waals surface area contributed by atoms with Crippen LogP contribution in [0.5, 0.6) is 0 Å². The van der Waals surface area contributed by atoms with Crippen LogP contribution in [0.15, 0.2) is 47.2 Å². The highest BCUT2D eigenvalue weighted by atomic mass is 79.9. The Labute approximate surface area is 170 Å². The van der Waals surface area contributed by atoms with Gasteiger partial charge < -0.3 is 15.1 Å². The lowest BCUT2D eigenvalue weighted by Gasteiger charge is -2.16. The Morgan fingerprint density at radius 3 is 2.68 bits per heavy atom. The number of amides is 1. The summed E-state index contributed by atoms with van der Waals surface area (Å²) in [4.78, 5) is 33.7. The van der Waals surface area contributed by atoms with Crippen molar-refractivity contribution in [2.75, 3.05) is 0 Å². The van der Waals surface area contributed by atoms with Crippen LogP contribution >= 0.6 is 34.9 Å². The summed E-state index contributed by atoms with van der Waals surface area (Å²) in [6, 6.07) is 7.57. The minimum absolute atomic E-state index is 0.143. The van der Waals surface area contributed by atoms with Crippen molar-refractivity contribution in [1.29, 1.82) is 0 Å². The summed E-state index contributed by atoms with van der Waals surface area (Å²) in [7, 11) is -5.69. The molecule has 1 amide bonds. The Morgan fingerprint density at radius 1 is 1.36 bits per heavy atom. The second-order valence-electron chi connectivity index (χ2n) is 6.02. The van der Waals surface area contributed by atoms with Crippen molar-refractivity contribution >= 4 is 50.9 Å². The van der Waals surface area contributed by atoms with Gasteiger partial charge in [0.1, 0.15) is 4.88 Å². The molecule has 0 spiro atoms. The van der Waals surface area contributed by atoms with Crippen LogP contribution in [0.3, 0.4) is 0 Å². The Morgan fingerprint density at radius 2 is 2.07 bits per heavy atom. The van der Waals surface area contributed by atoms with Crippen LogP contribution in [0, 0.1) is 0 Å². The van der Waals surface area contributed by atoms with Crippen LogP contribution in [0.2, 0.25) is 0 Å². The molecule has 2 heterocycles. The topological polar surface area (TPSA) is 99.5 Å². The number of aromatic nitrogens is 1. The number of fused-ring (bicyclic) bond motifs is 1. The van der Waals surface area contributed by atoms with Gasteiger partial charge in [0.15, 0.2) is 0 Å². The summed E-state index contributed by atoms with van der Waals surface area (Å²) in [5.41, 5.74) is -3.29. The Bertz CT molecular complexity index is 1090. The van der Waals surface area contributed by atoms with Crippen molar-refractivity contribution < 1.29 is 27.9 Å². The number of carbonyl (C=O) groups excluding carboxylic acids is 1. The molecule has 0 aliphatic rings. The molecule has 2 aromatic heterocycles. The van der Waals surface area contributed by atoms with Gasteiger partial charge in [-0.05, 0) is 52.7 Å². The molecule has 3 aromatic rings. The molecule has 1 atom stereocenters. The molecule has 28 heavy (non-hydrogen) atoms. The standard InChI is InChI=1S/C17H14BrF2N2O4PS/c1-9(11-3-2-6-21-8-11)22-16(23)10-4-5-13-12(7-10)14(18)15(28-13)17(19,20)27(24,25)26/h2-9H,1H3,(H,22,23)(H2,24,25,26)/t9-/m1/s1. The highest BCUT2D eigenvalue weighted by molar-refractivity contribution is 9.10. The normalized spacial score (nSPS) is 13.5. The maximum absolute atomic E-state index is 14.1. The lowest BCUT2D eigenvalue weighted by Crippen LogP contribution is -2.26. The van der Waals surface area contributed by atoms with Crippen molar-refractivity contribution in [3.63, 3.8) is 0 Å². The summed E-state index contributed by atoms with van der Waals surface area (Å²) in [6.45, 7) is 1.78. The van der Waals surface area contributed by atoms with E-state index < -0.39 is 24.0 Å². The Balaban J connectivity index is 1.93. The zero-order chi connectivity index (χ0) is 20.7. The van der Waals surface area contributed by atoms with Crippen LogP contribution in [0.1, 0.15) is 33.8 Å². The first-order valence-electron chi connectivity index (χ1n) is 7.89. The number of rotatable bonds is 5. The highest BCUT2D eigenvalue weighted by Crippen LogP contribution is 2.62. The van der Waals surface area contributed by atoms with Gasteiger partial charge in [-0.1, -0.05) is 6.07 Å². The number of carbonyl (C=O) groups is 1. The van der Waals surface area contributed by atoms with E-state index in [4.69, 9.17) is 9.79 Å². The van der Waals surface area contributed by atoms with E-state index in [2.05, 4.69) is 26.2 Å². The quantitative estimate of drug-likeness (QED) is 0.447. The molecule has 0 aliphatic heterocycles. The Kier molecular flexibility index (Phi) is 5.71. The summed E-state index contributed by atoms with van der Waals surface area (Å²) < 4.78 is 39.6. The van der Waals surface area contributed by atoms with E-state index >= 15 is 0 Å². The van der Waals surface area contributed by atoms with Gasteiger partial charge in [0.2, 0.25) is 0 Å². The SMILES string of the molecule is C[C@@H](NC(=O)c1ccc2sc(C(F)(F)P(=O)(O)O)c(Br)c2c1)c1cccnc1. The third kappa shape index (κ3) is 3.88. The third-order valence-electron chi connectivity index (χ3n) is 4.06. The van der Waals surface area contributed by atoms with E-state index in [0.29, 0.717) is 16.0 Å². The average Bonchev–Trinajstić information content (AvgIpc) is 2.98. The molecule has 11 heteroatoms. The van der Waals surface area contributed by atoms with Crippen LogP contribution in [0.4, 0.5) is 8.78 Å². The van der Waals surface area contributed by atoms with Gasteiger partial charge in [-0.25, -0.2) is 0 Å². The molecule has 6 nitrogen and oxygen atoms in total. The lowest BCUT2D eigenvalue weighted by molar-refractivity contribution is 0.0595. The Hall–Kier alpha value is -1.71. The van der Waals surface area contributed by atoms with Crippen molar-refractivity contribution in [2.24, 2.45) is 0 Å². The van der Waals surface area contributed by atoms with Crippen molar-refractivity contribution in [3.05, 3.63) is 63.2 Å². The first-order chi connectivity index (χ1) is 13.0. The zero-order valence-electron chi connectivity index (χ0n) is 14.3. The van der Waals surface area contributed by atoms with Gasteiger partial charge in [0.05, 0.1) is 6.04 Å². The van der Waals surface area contributed by atoms with Crippen LogP contribution in [0.25, 0.3) is 10.1 Å². The number of hydrogen-bond acceptors (Lipinski definition) is 4. The summed E-state index contributed by atoms with van der Waals surface area (Å²) in [5.74, 6) is -0.417. The van der Waals surface area contributed by atoms with E-state index in [9.17, 15) is 18.1 Å².